The average Bonchev–Trinajstić information content (AvgIpc) is 2.94. The lowest BCUT2D eigenvalue weighted by molar-refractivity contribution is -0.142. The fourth-order valence-electron chi connectivity index (χ4n) is 3.47. The Kier molecular flexibility index (Phi) is 4.48. The normalized spacial score (nSPS) is 14.2. The van der Waals surface area contributed by atoms with Gasteiger partial charge in [-0.05, 0) is 50.3 Å². The van der Waals surface area contributed by atoms with Gasteiger partial charge in [0.1, 0.15) is 0 Å². The van der Waals surface area contributed by atoms with Crippen LogP contribution in [0.5, 0.6) is 0 Å². The Morgan fingerprint density at radius 3 is 3.00 bits per heavy atom. The Balaban J connectivity index is 1.90. The second-order valence-electron chi connectivity index (χ2n) is 6.26. The van der Waals surface area contributed by atoms with Crippen LogP contribution in [-0.4, -0.2) is 27.2 Å². The minimum atomic E-state index is -0.757. The van der Waals surface area contributed by atoms with Crippen LogP contribution in [0.4, 0.5) is 0 Å². The van der Waals surface area contributed by atoms with Crippen molar-refractivity contribution in [1.82, 2.24) is 9.55 Å². The molecular weight excluding hydrogens is 290 g/mol. The van der Waals surface area contributed by atoms with Crippen LogP contribution in [0.25, 0.3) is 5.69 Å². The van der Waals surface area contributed by atoms with Crippen LogP contribution in [0.3, 0.4) is 0 Å². The molecule has 5 nitrogen and oxygen atoms in total. The van der Waals surface area contributed by atoms with Crippen LogP contribution in [-0.2, 0) is 24.1 Å². The maximum Gasteiger partial charge on any atom is 0.306 e. The fourth-order valence-corrected chi connectivity index (χ4v) is 3.47. The number of aryl methyl sites for hydroxylation is 2. The first kappa shape index (κ1) is 15.7. The number of carbonyl (C=O) groups is 1. The lowest BCUT2D eigenvalue weighted by atomic mass is 9.93. The predicted octanol–water partition coefficient (Wildman–Crippen LogP) is 2.26. The minimum absolute atomic E-state index is 0.406. The summed E-state index contributed by atoms with van der Waals surface area (Å²) in [5, 5.41) is 9.43. The standard InChI is InChI=1S/C18H23N3O2/c1-12-4-2-5-13-7-8-16-15(20-11-21(16)17(12)13)10-14(18(22)23)6-3-9-19/h2,4-5,11,14H,3,6-10,19H2,1H3,(H,22,23). The van der Waals surface area contributed by atoms with Gasteiger partial charge in [-0.3, -0.25) is 4.79 Å². The van der Waals surface area contributed by atoms with Gasteiger partial charge in [-0.2, -0.15) is 0 Å². The summed E-state index contributed by atoms with van der Waals surface area (Å²) < 4.78 is 2.14. The highest BCUT2D eigenvalue weighted by atomic mass is 16.4. The molecule has 1 unspecified atom stereocenters. The zero-order chi connectivity index (χ0) is 16.4. The molecule has 1 aliphatic heterocycles. The molecule has 0 spiro atoms. The van der Waals surface area contributed by atoms with Crippen molar-refractivity contribution in [2.45, 2.75) is 39.0 Å². The summed E-state index contributed by atoms with van der Waals surface area (Å²) in [5.41, 5.74) is 11.4. The van der Waals surface area contributed by atoms with Crippen molar-refractivity contribution in [3.05, 3.63) is 47.0 Å². The Morgan fingerprint density at radius 2 is 2.26 bits per heavy atom. The number of hydrogen-bond acceptors (Lipinski definition) is 3. The zero-order valence-corrected chi connectivity index (χ0v) is 13.5. The predicted molar refractivity (Wildman–Crippen MR) is 88.8 cm³/mol. The molecule has 1 aliphatic rings. The molecule has 0 fully saturated rings. The third-order valence-corrected chi connectivity index (χ3v) is 4.69. The van der Waals surface area contributed by atoms with Gasteiger partial charge in [-0.15, -0.1) is 0 Å². The minimum Gasteiger partial charge on any atom is -0.481 e. The van der Waals surface area contributed by atoms with Crippen LogP contribution in [0.1, 0.15) is 35.4 Å². The summed E-state index contributed by atoms with van der Waals surface area (Å²) in [4.78, 5) is 16.0. The number of aliphatic carboxylic acids is 1. The first-order chi connectivity index (χ1) is 11.1. The Bertz CT molecular complexity index is 721. The molecule has 5 heteroatoms. The van der Waals surface area contributed by atoms with Gasteiger partial charge in [0.2, 0.25) is 0 Å². The topological polar surface area (TPSA) is 81.1 Å². The molecule has 1 aromatic heterocycles. The summed E-state index contributed by atoms with van der Waals surface area (Å²) in [6.07, 6.45) is 5.56. The van der Waals surface area contributed by atoms with Gasteiger partial charge < -0.3 is 15.4 Å². The van der Waals surface area contributed by atoms with Crippen molar-refractivity contribution in [3.63, 3.8) is 0 Å². The Labute approximate surface area is 136 Å². The number of carboxylic acid groups (broad SMARTS) is 1. The van der Waals surface area contributed by atoms with Crippen LogP contribution < -0.4 is 5.73 Å². The van der Waals surface area contributed by atoms with Crippen molar-refractivity contribution in [3.8, 4) is 5.69 Å². The van der Waals surface area contributed by atoms with Crippen molar-refractivity contribution >= 4 is 5.97 Å². The molecular formula is C18H23N3O2. The van der Waals surface area contributed by atoms with E-state index in [0.717, 1.165) is 30.7 Å². The fraction of sp³-hybridized carbons (Fsp3) is 0.444. The van der Waals surface area contributed by atoms with Crippen molar-refractivity contribution in [2.75, 3.05) is 6.54 Å². The highest BCUT2D eigenvalue weighted by molar-refractivity contribution is 5.70. The van der Waals surface area contributed by atoms with Gasteiger partial charge in [0, 0.05) is 12.1 Å². The first-order valence-electron chi connectivity index (χ1n) is 8.18. The van der Waals surface area contributed by atoms with Crippen LogP contribution in [0, 0.1) is 12.8 Å². The van der Waals surface area contributed by atoms with E-state index in [2.05, 4.69) is 34.7 Å². The lowest BCUT2D eigenvalue weighted by Crippen LogP contribution is -2.20. The van der Waals surface area contributed by atoms with Gasteiger partial charge in [0.25, 0.3) is 0 Å². The van der Waals surface area contributed by atoms with E-state index in [4.69, 9.17) is 5.73 Å². The summed E-state index contributed by atoms with van der Waals surface area (Å²) in [7, 11) is 0. The third kappa shape index (κ3) is 3.01. The molecule has 122 valence electrons. The molecule has 0 saturated carbocycles. The van der Waals surface area contributed by atoms with Gasteiger partial charge in [-0.25, -0.2) is 4.98 Å². The number of carboxylic acids is 1. The number of rotatable bonds is 6. The zero-order valence-electron chi connectivity index (χ0n) is 13.5. The van der Waals surface area contributed by atoms with E-state index in [1.165, 1.54) is 16.8 Å². The van der Waals surface area contributed by atoms with E-state index < -0.39 is 11.9 Å². The second kappa shape index (κ2) is 6.54. The van der Waals surface area contributed by atoms with Crippen LogP contribution in [0.2, 0.25) is 0 Å². The molecule has 0 bridgehead atoms. The van der Waals surface area contributed by atoms with Gasteiger partial charge in [0.15, 0.2) is 0 Å². The number of para-hydroxylation sites is 1. The Hall–Kier alpha value is -2.14. The smallest absolute Gasteiger partial charge is 0.306 e. The molecule has 3 rings (SSSR count). The van der Waals surface area contributed by atoms with E-state index >= 15 is 0 Å². The number of aromatic nitrogens is 2. The lowest BCUT2D eigenvalue weighted by Gasteiger charge is -2.22. The molecule has 0 radical (unpaired) electrons. The molecule has 1 aromatic carbocycles. The van der Waals surface area contributed by atoms with Crippen molar-refractivity contribution in [1.29, 1.82) is 0 Å². The van der Waals surface area contributed by atoms with E-state index in [1.807, 2.05) is 6.33 Å². The van der Waals surface area contributed by atoms with Gasteiger partial charge in [0.05, 0.1) is 23.6 Å². The highest BCUT2D eigenvalue weighted by Gasteiger charge is 2.25. The first-order valence-corrected chi connectivity index (χ1v) is 8.18. The summed E-state index contributed by atoms with van der Waals surface area (Å²) in [6, 6.07) is 6.35. The molecule has 23 heavy (non-hydrogen) atoms. The molecule has 2 aromatic rings. The monoisotopic (exact) mass is 313 g/mol. The molecule has 3 N–H and O–H groups in total. The van der Waals surface area contributed by atoms with Crippen molar-refractivity contribution in [2.24, 2.45) is 11.7 Å². The number of nitrogens with two attached hydrogens (primary N) is 1. The summed E-state index contributed by atoms with van der Waals surface area (Å²) in [5.74, 6) is -1.16. The molecule has 1 atom stereocenters. The largest absolute Gasteiger partial charge is 0.481 e. The van der Waals surface area contributed by atoms with E-state index in [9.17, 15) is 9.90 Å². The number of fused-ring (bicyclic) bond motifs is 3. The third-order valence-electron chi connectivity index (χ3n) is 4.69. The van der Waals surface area contributed by atoms with E-state index in [-0.39, 0.29) is 0 Å². The van der Waals surface area contributed by atoms with E-state index in [0.29, 0.717) is 19.4 Å². The maximum atomic E-state index is 11.5. The second-order valence-corrected chi connectivity index (χ2v) is 6.26. The number of imidazole rings is 1. The average molecular weight is 313 g/mol. The molecule has 2 heterocycles. The number of hydrogen-bond donors (Lipinski definition) is 2. The summed E-state index contributed by atoms with van der Waals surface area (Å²) >= 11 is 0. The molecule has 0 saturated heterocycles. The number of nitrogens with zero attached hydrogens (tertiary/aromatic N) is 2. The SMILES string of the molecule is Cc1cccc2c1-n1cnc(CC(CCCN)C(=O)O)c1CC2. The molecule has 0 aliphatic carbocycles. The van der Waals surface area contributed by atoms with Crippen LogP contribution >= 0.6 is 0 Å². The van der Waals surface area contributed by atoms with Crippen molar-refractivity contribution < 1.29 is 9.90 Å². The van der Waals surface area contributed by atoms with Gasteiger partial charge in [-0.1, -0.05) is 18.2 Å². The quantitative estimate of drug-likeness (QED) is 0.857. The maximum absolute atomic E-state index is 11.5. The Morgan fingerprint density at radius 1 is 1.43 bits per heavy atom. The van der Waals surface area contributed by atoms with Gasteiger partial charge >= 0.3 is 5.97 Å². The molecule has 0 amide bonds. The summed E-state index contributed by atoms with van der Waals surface area (Å²) in [6.45, 7) is 2.63. The highest BCUT2D eigenvalue weighted by Crippen LogP contribution is 2.30. The van der Waals surface area contributed by atoms with E-state index in [1.54, 1.807) is 0 Å². The number of benzene rings is 1. The van der Waals surface area contributed by atoms with Crippen LogP contribution in [0.15, 0.2) is 24.5 Å².